The summed E-state index contributed by atoms with van der Waals surface area (Å²) in [6.45, 7) is 6.61. The Hall–Kier alpha value is -2.13. The molecule has 0 unspecified atom stereocenters. The first-order valence-corrected chi connectivity index (χ1v) is 12.6. The fourth-order valence-electron chi connectivity index (χ4n) is 4.20. The Morgan fingerprint density at radius 3 is 2.10 bits per heavy atom. The van der Waals surface area contributed by atoms with Gasteiger partial charge in [-0.2, -0.15) is 4.31 Å². The van der Waals surface area contributed by atoms with Gasteiger partial charge in [0, 0.05) is 45.2 Å². The minimum atomic E-state index is -3.55. The van der Waals surface area contributed by atoms with E-state index in [2.05, 4.69) is 6.92 Å². The molecule has 0 spiro atoms. The lowest BCUT2D eigenvalue weighted by Crippen LogP contribution is -2.53. The fourth-order valence-corrected chi connectivity index (χ4v) is 5.62. The first kappa shape index (κ1) is 23.5. The van der Waals surface area contributed by atoms with Crippen molar-refractivity contribution in [3.63, 3.8) is 0 Å². The number of nitrogens with zero attached hydrogens (tertiary/aromatic N) is 3. The van der Waals surface area contributed by atoms with E-state index in [-0.39, 0.29) is 17.9 Å². The Kier molecular flexibility index (Phi) is 7.94. The van der Waals surface area contributed by atoms with Gasteiger partial charge in [-0.25, -0.2) is 13.2 Å². The molecule has 0 atom stereocenters. The maximum Gasteiger partial charge on any atom is 0.409 e. The predicted octanol–water partition coefficient (Wildman–Crippen LogP) is 2.34. The van der Waals surface area contributed by atoms with Crippen LogP contribution in [0.1, 0.15) is 38.7 Å². The molecule has 0 saturated carbocycles. The Bertz CT molecular complexity index is 856. The quantitative estimate of drug-likeness (QED) is 0.663. The van der Waals surface area contributed by atoms with Crippen LogP contribution in [0.25, 0.3) is 0 Å². The van der Waals surface area contributed by atoms with Crippen LogP contribution in [-0.2, 0) is 26.0 Å². The van der Waals surface area contributed by atoms with Gasteiger partial charge in [0.2, 0.25) is 15.9 Å². The van der Waals surface area contributed by atoms with E-state index in [1.54, 1.807) is 28.9 Å². The molecule has 2 fully saturated rings. The number of amides is 2. The summed E-state index contributed by atoms with van der Waals surface area (Å²) in [5.41, 5.74) is 1.13. The fraction of sp³-hybridized carbons (Fsp3) is 0.636. The molecule has 2 aliphatic heterocycles. The summed E-state index contributed by atoms with van der Waals surface area (Å²) in [5.74, 6) is -0.0654. The van der Waals surface area contributed by atoms with E-state index >= 15 is 0 Å². The zero-order chi connectivity index (χ0) is 22.4. The average Bonchev–Trinajstić information content (AvgIpc) is 2.79. The summed E-state index contributed by atoms with van der Waals surface area (Å²) in [5, 5.41) is 0. The van der Waals surface area contributed by atoms with E-state index < -0.39 is 10.0 Å². The number of sulfonamides is 1. The topological polar surface area (TPSA) is 87.2 Å². The number of benzene rings is 1. The second-order valence-electron chi connectivity index (χ2n) is 8.08. The van der Waals surface area contributed by atoms with Crippen molar-refractivity contribution in [2.45, 2.75) is 44.4 Å². The molecule has 9 heteroatoms. The van der Waals surface area contributed by atoms with E-state index in [1.807, 2.05) is 12.1 Å². The number of hydrogen-bond donors (Lipinski definition) is 0. The van der Waals surface area contributed by atoms with Gasteiger partial charge in [0.25, 0.3) is 0 Å². The Morgan fingerprint density at radius 1 is 0.935 bits per heavy atom. The van der Waals surface area contributed by atoms with Crippen molar-refractivity contribution in [3.8, 4) is 0 Å². The van der Waals surface area contributed by atoms with Crippen LogP contribution < -0.4 is 0 Å². The molecule has 0 aliphatic carbocycles. The van der Waals surface area contributed by atoms with Crippen molar-refractivity contribution in [1.82, 2.24) is 14.1 Å². The lowest BCUT2D eigenvalue weighted by Gasteiger charge is -2.37. The van der Waals surface area contributed by atoms with Crippen molar-refractivity contribution in [3.05, 3.63) is 29.8 Å². The molecule has 2 saturated heterocycles. The molecule has 8 nitrogen and oxygen atoms in total. The van der Waals surface area contributed by atoms with Crippen LogP contribution in [0.3, 0.4) is 0 Å². The van der Waals surface area contributed by atoms with Crippen LogP contribution in [0.5, 0.6) is 0 Å². The first-order chi connectivity index (χ1) is 14.9. The highest BCUT2D eigenvalue weighted by atomic mass is 32.2. The highest BCUT2D eigenvalue weighted by Gasteiger charge is 2.34. The smallest absolute Gasteiger partial charge is 0.409 e. The number of rotatable bonds is 6. The van der Waals surface area contributed by atoms with Crippen LogP contribution in [0.15, 0.2) is 29.2 Å². The van der Waals surface area contributed by atoms with Gasteiger partial charge in [0.15, 0.2) is 0 Å². The van der Waals surface area contributed by atoms with E-state index in [9.17, 15) is 18.0 Å². The zero-order valence-corrected chi connectivity index (χ0v) is 19.3. The van der Waals surface area contributed by atoms with Crippen LogP contribution in [-0.4, -0.2) is 80.4 Å². The third kappa shape index (κ3) is 5.57. The minimum absolute atomic E-state index is 0.0597. The molecule has 2 amide bonds. The number of likely N-dealkylation sites (tertiary alicyclic amines) is 1. The van der Waals surface area contributed by atoms with Crippen LogP contribution in [0.2, 0.25) is 0 Å². The molecule has 0 radical (unpaired) electrons. The summed E-state index contributed by atoms with van der Waals surface area (Å²) in [6.07, 6.45) is 2.85. The maximum absolute atomic E-state index is 13.0. The Morgan fingerprint density at radius 2 is 1.55 bits per heavy atom. The molecule has 2 heterocycles. The highest BCUT2D eigenvalue weighted by molar-refractivity contribution is 7.89. The van der Waals surface area contributed by atoms with Gasteiger partial charge in [-0.1, -0.05) is 25.5 Å². The molecule has 172 valence electrons. The van der Waals surface area contributed by atoms with Gasteiger partial charge in [0.05, 0.1) is 11.5 Å². The molecule has 0 N–H and O–H groups in total. The van der Waals surface area contributed by atoms with Gasteiger partial charge in [-0.15, -0.1) is 0 Å². The van der Waals surface area contributed by atoms with Crippen molar-refractivity contribution in [2.24, 2.45) is 5.92 Å². The van der Waals surface area contributed by atoms with Crippen molar-refractivity contribution >= 4 is 22.0 Å². The molecule has 1 aromatic carbocycles. The summed E-state index contributed by atoms with van der Waals surface area (Å²) in [6, 6.07) is 7.10. The number of piperazine rings is 1. The van der Waals surface area contributed by atoms with Crippen molar-refractivity contribution in [1.29, 1.82) is 0 Å². The SMILES string of the molecule is CCCc1ccc(S(=O)(=O)N2CCN(C(=O)C3CCN(C(=O)OCC)CC3)CC2)cc1. The minimum Gasteiger partial charge on any atom is -0.450 e. The van der Waals surface area contributed by atoms with Crippen LogP contribution in [0.4, 0.5) is 4.79 Å². The zero-order valence-electron chi connectivity index (χ0n) is 18.5. The Balaban J connectivity index is 1.52. The largest absolute Gasteiger partial charge is 0.450 e. The predicted molar refractivity (Wildman–Crippen MR) is 117 cm³/mol. The molecule has 2 aliphatic rings. The second kappa shape index (κ2) is 10.5. The molecule has 31 heavy (non-hydrogen) atoms. The highest BCUT2D eigenvalue weighted by Crippen LogP contribution is 2.23. The average molecular weight is 452 g/mol. The monoisotopic (exact) mass is 451 g/mol. The van der Waals surface area contributed by atoms with Gasteiger partial charge >= 0.3 is 6.09 Å². The number of hydrogen-bond acceptors (Lipinski definition) is 5. The van der Waals surface area contributed by atoms with Crippen LogP contribution >= 0.6 is 0 Å². The van der Waals surface area contributed by atoms with E-state index in [0.717, 1.165) is 18.4 Å². The third-order valence-electron chi connectivity index (χ3n) is 6.02. The van der Waals surface area contributed by atoms with Crippen molar-refractivity contribution < 1.29 is 22.7 Å². The maximum atomic E-state index is 13.0. The first-order valence-electron chi connectivity index (χ1n) is 11.2. The molecular formula is C22H33N3O5S. The normalized spacial score (nSPS) is 18.8. The number of carbonyl (C=O) groups excluding carboxylic acids is 2. The number of ether oxygens (including phenoxy) is 1. The summed E-state index contributed by atoms with van der Waals surface area (Å²) >= 11 is 0. The summed E-state index contributed by atoms with van der Waals surface area (Å²) in [4.78, 5) is 28.4. The van der Waals surface area contributed by atoms with E-state index in [0.29, 0.717) is 63.6 Å². The van der Waals surface area contributed by atoms with Gasteiger partial charge in [-0.3, -0.25) is 4.79 Å². The lowest BCUT2D eigenvalue weighted by molar-refractivity contribution is -0.138. The molecule has 0 aromatic heterocycles. The molecular weight excluding hydrogens is 418 g/mol. The Labute approximate surface area is 185 Å². The standard InChI is InChI=1S/C22H33N3O5S/c1-3-5-18-6-8-20(9-7-18)31(28,29)25-16-14-23(15-17-25)21(26)19-10-12-24(13-11-19)22(27)30-4-2/h6-9,19H,3-5,10-17H2,1-2H3. The summed E-state index contributed by atoms with van der Waals surface area (Å²) in [7, 11) is -3.55. The molecule has 0 bridgehead atoms. The van der Waals surface area contributed by atoms with Gasteiger partial charge in [0.1, 0.15) is 0 Å². The van der Waals surface area contributed by atoms with E-state index in [1.165, 1.54) is 4.31 Å². The third-order valence-corrected chi connectivity index (χ3v) is 7.93. The van der Waals surface area contributed by atoms with Gasteiger partial charge < -0.3 is 14.5 Å². The van der Waals surface area contributed by atoms with E-state index in [4.69, 9.17) is 4.74 Å². The molecule has 3 rings (SSSR count). The molecule has 1 aromatic rings. The number of piperidine rings is 1. The number of aryl methyl sites for hydroxylation is 1. The van der Waals surface area contributed by atoms with Crippen molar-refractivity contribution in [2.75, 3.05) is 45.9 Å². The van der Waals surface area contributed by atoms with Crippen LogP contribution in [0, 0.1) is 5.92 Å². The lowest BCUT2D eigenvalue weighted by atomic mass is 9.95. The number of carbonyl (C=O) groups is 2. The van der Waals surface area contributed by atoms with Gasteiger partial charge in [-0.05, 0) is 43.9 Å². The summed E-state index contributed by atoms with van der Waals surface area (Å²) < 4.78 is 32.4. The second-order valence-corrected chi connectivity index (χ2v) is 10.0.